The average Bonchev–Trinajstić information content (AvgIpc) is 2.88. The van der Waals surface area contributed by atoms with Crippen molar-refractivity contribution in [1.82, 2.24) is 10.2 Å². The molecule has 0 bridgehead atoms. The van der Waals surface area contributed by atoms with Crippen molar-refractivity contribution in [3.8, 4) is 0 Å². The zero-order valence-electron chi connectivity index (χ0n) is 21.1. The van der Waals surface area contributed by atoms with Gasteiger partial charge in [-0.15, -0.1) is 0 Å². The SMILES string of the molecule is CCC(C(=O)NC)N(Cc1ccc(Cl)cc1Cl)C(=O)CN(c1ccccc1F)S(=O)(=O)c1ccc(C)cc1. The zero-order valence-corrected chi connectivity index (χ0v) is 23.4. The number of amides is 2. The first-order valence-corrected chi connectivity index (χ1v) is 14.0. The molecule has 1 unspecified atom stereocenters. The second-order valence-corrected chi connectivity index (χ2v) is 11.3. The predicted molar refractivity (Wildman–Crippen MR) is 147 cm³/mol. The number of aryl methyl sites for hydroxylation is 1. The highest BCUT2D eigenvalue weighted by Crippen LogP contribution is 2.28. The van der Waals surface area contributed by atoms with Gasteiger partial charge in [0.15, 0.2) is 0 Å². The van der Waals surface area contributed by atoms with Gasteiger partial charge in [0.25, 0.3) is 10.0 Å². The zero-order chi connectivity index (χ0) is 28.0. The molecule has 2 amide bonds. The quantitative estimate of drug-likeness (QED) is 0.358. The minimum absolute atomic E-state index is 0.101. The molecule has 202 valence electrons. The molecule has 3 aromatic carbocycles. The third-order valence-electron chi connectivity index (χ3n) is 6.00. The fourth-order valence-electron chi connectivity index (χ4n) is 3.92. The van der Waals surface area contributed by atoms with Crippen LogP contribution in [0.5, 0.6) is 0 Å². The summed E-state index contributed by atoms with van der Waals surface area (Å²) >= 11 is 12.4. The van der Waals surface area contributed by atoms with Gasteiger partial charge in [0.1, 0.15) is 18.4 Å². The minimum atomic E-state index is -4.37. The molecular formula is C27H28Cl2FN3O4S. The van der Waals surface area contributed by atoms with E-state index in [4.69, 9.17) is 23.2 Å². The molecule has 0 aliphatic rings. The van der Waals surface area contributed by atoms with Gasteiger partial charge in [0.2, 0.25) is 11.8 Å². The monoisotopic (exact) mass is 579 g/mol. The highest BCUT2D eigenvalue weighted by atomic mass is 35.5. The maximum Gasteiger partial charge on any atom is 0.264 e. The number of hydrogen-bond acceptors (Lipinski definition) is 4. The Balaban J connectivity index is 2.09. The third kappa shape index (κ3) is 6.64. The molecule has 0 saturated heterocycles. The van der Waals surface area contributed by atoms with Gasteiger partial charge in [0, 0.05) is 23.6 Å². The Morgan fingerprint density at radius 3 is 2.26 bits per heavy atom. The van der Waals surface area contributed by atoms with Crippen LogP contribution in [0.25, 0.3) is 0 Å². The fourth-order valence-corrected chi connectivity index (χ4v) is 5.81. The van der Waals surface area contributed by atoms with Crippen molar-refractivity contribution in [2.24, 2.45) is 0 Å². The smallest absolute Gasteiger partial charge is 0.264 e. The molecule has 0 heterocycles. The number of para-hydroxylation sites is 1. The van der Waals surface area contributed by atoms with E-state index >= 15 is 0 Å². The highest BCUT2D eigenvalue weighted by molar-refractivity contribution is 7.92. The summed E-state index contributed by atoms with van der Waals surface area (Å²) in [4.78, 5) is 27.7. The van der Waals surface area contributed by atoms with Crippen LogP contribution in [-0.4, -0.2) is 44.8 Å². The lowest BCUT2D eigenvalue weighted by Crippen LogP contribution is -2.51. The van der Waals surface area contributed by atoms with Crippen LogP contribution in [-0.2, 0) is 26.2 Å². The van der Waals surface area contributed by atoms with Gasteiger partial charge in [-0.3, -0.25) is 13.9 Å². The average molecular weight is 581 g/mol. The molecule has 1 atom stereocenters. The number of anilines is 1. The van der Waals surface area contributed by atoms with Crippen molar-refractivity contribution in [2.45, 2.75) is 37.8 Å². The van der Waals surface area contributed by atoms with E-state index in [1.165, 1.54) is 48.3 Å². The van der Waals surface area contributed by atoms with Gasteiger partial charge < -0.3 is 10.2 Å². The Morgan fingerprint density at radius 2 is 1.68 bits per heavy atom. The molecule has 0 aromatic heterocycles. The fraction of sp³-hybridized carbons (Fsp3) is 0.259. The van der Waals surface area contributed by atoms with E-state index in [0.717, 1.165) is 15.9 Å². The number of carbonyl (C=O) groups excluding carboxylic acids is 2. The molecule has 3 rings (SSSR count). The van der Waals surface area contributed by atoms with Gasteiger partial charge in [-0.1, -0.05) is 66.0 Å². The van der Waals surface area contributed by atoms with Crippen molar-refractivity contribution in [3.63, 3.8) is 0 Å². The van der Waals surface area contributed by atoms with Crippen molar-refractivity contribution in [1.29, 1.82) is 0 Å². The number of nitrogens with one attached hydrogen (secondary N) is 1. The van der Waals surface area contributed by atoms with E-state index in [0.29, 0.717) is 10.6 Å². The molecule has 11 heteroatoms. The molecule has 0 fully saturated rings. The summed E-state index contributed by atoms with van der Waals surface area (Å²) in [5.41, 5.74) is 1.05. The number of halogens is 3. The van der Waals surface area contributed by atoms with E-state index in [2.05, 4.69) is 5.32 Å². The lowest BCUT2D eigenvalue weighted by Gasteiger charge is -2.33. The third-order valence-corrected chi connectivity index (χ3v) is 8.36. The first-order chi connectivity index (χ1) is 18.0. The Hall–Kier alpha value is -3.14. The summed E-state index contributed by atoms with van der Waals surface area (Å²) < 4.78 is 43.1. The Bertz CT molecular complexity index is 1420. The number of likely N-dealkylation sites (N-methyl/N-ethyl adjacent to an activating group) is 1. The molecule has 38 heavy (non-hydrogen) atoms. The van der Waals surface area contributed by atoms with Gasteiger partial charge in [-0.25, -0.2) is 12.8 Å². The van der Waals surface area contributed by atoms with Crippen LogP contribution in [0.2, 0.25) is 10.0 Å². The van der Waals surface area contributed by atoms with Crippen molar-refractivity contribution in [2.75, 3.05) is 17.9 Å². The minimum Gasteiger partial charge on any atom is -0.357 e. The van der Waals surface area contributed by atoms with Crippen LogP contribution in [0.3, 0.4) is 0 Å². The maximum atomic E-state index is 14.9. The summed E-state index contributed by atoms with van der Waals surface area (Å²) in [6.07, 6.45) is 0.237. The number of nitrogens with zero attached hydrogens (tertiary/aromatic N) is 2. The molecule has 0 spiro atoms. The Labute approximate surface area is 232 Å². The number of carbonyl (C=O) groups is 2. The molecule has 3 aromatic rings. The first kappa shape index (κ1) is 29.4. The van der Waals surface area contributed by atoms with Crippen LogP contribution in [0.15, 0.2) is 71.6 Å². The lowest BCUT2D eigenvalue weighted by atomic mass is 10.1. The topological polar surface area (TPSA) is 86.8 Å². The van der Waals surface area contributed by atoms with Crippen LogP contribution in [0, 0.1) is 12.7 Å². The largest absolute Gasteiger partial charge is 0.357 e. The van der Waals surface area contributed by atoms with Gasteiger partial charge in [-0.05, 0) is 55.3 Å². The Morgan fingerprint density at radius 1 is 1.03 bits per heavy atom. The number of benzene rings is 3. The standard InChI is InChI=1S/C27H28Cl2FN3O4S/c1-4-24(27(35)31-3)32(16-19-11-12-20(28)15-22(19)29)26(34)17-33(25-8-6-5-7-23(25)30)38(36,37)21-13-9-18(2)10-14-21/h5-15,24H,4,16-17H2,1-3H3,(H,31,35). The molecule has 7 nitrogen and oxygen atoms in total. The normalized spacial score (nSPS) is 12.1. The van der Waals surface area contributed by atoms with Crippen molar-refractivity contribution >= 4 is 50.7 Å². The number of rotatable bonds is 10. The van der Waals surface area contributed by atoms with E-state index < -0.39 is 40.2 Å². The molecule has 0 radical (unpaired) electrons. The molecule has 0 saturated carbocycles. The van der Waals surface area contributed by atoms with Crippen LogP contribution < -0.4 is 9.62 Å². The van der Waals surface area contributed by atoms with Gasteiger partial charge >= 0.3 is 0 Å². The van der Waals surface area contributed by atoms with Gasteiger partial charge in [0.05, 0.1) is 10.6 Å². The predicted octanol–water partition coefficient (Wildman–Crippen LogP) is 5.19. The second-order valence-electron chi connectivity index (χ2n) is 8.57. The molecule has 0 aliphatic heterocycles. The summed E-state index contributed by atoms with van der Waals surface area (Å²) in [7, 11) is -2.92. The van der Waals surface area contributed by atoms with Gasteiger partial charge in [-0.2, -0.15) is 0 Å². The number of hydrogen-bond donors (Lipinski definition) is 1. The molecule has 1 N–H and O–H groups in total. The van der Waals surface area contributed by atoms with Crippen LogP contribution >= 0.6 is 23.2 Å². The summed E-state index contributed by atoms with van der Waals surface area (Å²) in [6, 6.07) is 15.1. The lowest BCUT2D eigenvalue weighted by molar-refractivity contribution is -0.140. The van der Waals surface area contributed by atoms with Crippen molar-refractivity contribution < 1.29 is 22.4 Å². The van der Waals surface area contributed by atoms with E-state index in [1.54, 1.807) is 38.1 Å². The van der Waals surface area contributed by atoms with E-state index in [9.17, 15) is 22.4 Å². The first-order valence-electron chi connectivity index (χ1n) is 11.8. The van der Waals surface area contributed by atoms with E-state index in [1.807, 2.05) is 0 Å². The summed E-state index contributed by atoms with van der Waals surface area (Å²) in [5.74, 6) is -1.98. The number of sulfonamides is 1. The van der Waals surface area contributed by atoms with E-state index in [-0.39, 0.29) is 28.6 Å². The van der Waals surface area contributed by atoms with Crippen LogP contribution in [0.1, 0.15) is 24.5 Å². The molecule has 0 aliphatic carbocycles. The Kier molecular flexibility index (Phi) is 9.76. The highest BCUT2D eigenvalue weighted by Gasteiger charge is 2.34. The summed E-state index contributed by atoms with van der Waals surface area (Å²) in [5, 5.41) is 3.21. The summed E-state index contributed by atoms with van der Waals surface area (Å²) in [6.45, 7) is 2.67. The maximum absolute atomic E-state index is 14.9. The second kappa shape index (κ2) is 12.6. The van der Waals surface area contributed by atoms with Crippen LogP contribution in [0.4, 0.5) is 10.1 Å². The molecular weight excluding hydrogens is 552 g/mol. The van der Waals surface area contributed by atoms with Crippen molar-refractivity contribution in [3.05, 3.63) is 93.7 Å².